The molecule has 1 saturated heterocycles. The standard InChI is InChI=1S/C19H29NO3/c1-2-3-4-5-6-13-20-19(21)16-9-11-17(12-10-16)23-15-18-8-7-14-22-18/h9-12,18H,2-8,13-15H2,1H3,(H,20,21). The first kappa shape index (κ1) is 17.8. The van der Waals surface area contributed by atoms with Gasteiger partial charge in [-0.3, -0.25) is 4.79 Å². The maximum Gasteiger partial charge on any atom is 0.251 e. The first-order valence-electron chi connectivity index (χ1n) is 8.92. The normalized spacial score (nSPS) is 17.2. The van der Waals surface area contributed by atoms with Gasteiger partial charge in [-0.15, -0.1) is 0 Å². The fourth-order valence-electron chi connectivity index (χ4n) is 2.70. The third-order valence-electron chi connectivity index (χ3n) is 4.14. The lowest BCUT2D eigenvalue weighted by molar-refractivity contribution is 0.0679. The highest BCUT2D eigenvalue weighted by atomic mass is 16.5. The third kappa shape index (κ3) is 6.61. The minimum absolute atomic E-state index is 0.00818. The first-order valence-corrected chi connectivity index (χ1v) is 8.92. The smallest absolute Gasteiger partial charge is 0.251 e. The Morgan fingerprint density at radius 1 is 1.22 bits per heavy atom. The number of ether oxygens (including phenoxy) is 2. The number of hydrogen-bond donors (Lipinski definition) is 1. The number of carbonyl (C=O) groups is 1. The summed E-state index contributed by atoms with van der Waals surface area (Å²) in [4.78, 5) is 12.0. The highest BCUT2D eigenvalue weighted by molar-refractivity contribution is 5.94. The Morgan fingerprint density at radius 2 is 2.00 bits per heavy atom. The number of hydrogen-bond acceptors (Lipinski definition) is 3. The monoisotopic (exact) mass is 319 g/mol. The molecule has 128 valence electrons. The molecule has 2 rings (SSSR count). The molecule has 1 unspecified atom stereocenters. The van der Waals surface area contributed by atoms with Crippen LogP contribution in [-0.4, -0.2) is 31.8 Å². The Labute approximate surface area is 139 Å². The van der Waals surface area contributed by atoms with Crippen LogP contribution in [0.3, 0.4) is 0 Å². The van der Waals surface area contributed by atoms with E-state index in [9.17, 15) is 4.79 Å². The average molecular weight is 319 g/mol. The molecule has 0 bridgehead atoms. The van der Waals surface area contributed by atoms with Gasteiger partial charge in [-0.05, 0) is 43.5 Å². The van der Waals surface area contributed by atoms with E-state index in [0.717, 1.165) is 38.2 Å². The van der Waals surface area contributed by atoms with Crippen LogP contribution in [0, 0.1) is 0 Å². The Hall–Kier alpha value is -1.55. The predicted octanol–water partition coefficient (Wildman–Crippen LogP) is 3.94. The molecular weight excluding hydrogens is 290 g/mol. The Morgan fingerprint density at radius 3 is 2.70 bits per heavy atom. The summed E-state index contributed by atoms with van der Waals surface area (Å²) in [7, 11) is 0. The second-order valence-electron chi connectivity index (χ2n) is 6.14. The van der Waals surface area contributed by atoms with Crippen LogP contribution in [0.1, 0.15) is 62.2 Å². The summed E-state index contributed by atoms with van der Waals surface area (Å²) < 4.78 is 11.2. The van der Waals surface area contributed by atoms with Crippen LogP contribution < -0.4 is 10.1 Å². The van der Waals surface area contributed by atoms with Crippen LogP contribution >= 0.6 is 0 Å². The largest absolute Gasteiger partial charge is 0.491 e. The van der Waals surface area contributed by atoms with Gasteiger partial charge in [0.15, 0.2) is 0 Å². The molecule has 1 N–H and O–H groups in total. The van der Waals surface area contributed by atoms with Gasteiger partial charge >= 0.3 is 0 Å². The number of nitrogens with one attached hydrogen (secondary N) is 1. The van der Waals surface area contributed by atoms with E-state index in [4.69, 9.17) is 9.47 Å². The van der Waals surface area contributed by atoms with Gasteiger partial charge in [0.2, 0.25) is 0 Å². The SMILES string of the molecule is CCCCCCCNC(=O)c1ccc(OCC2CCCO2)cc1. The van der Waals surface area contributed by atoms with E-state index in [1.54, 1.807) is 0 Å². The number of unbranched alkanes of at least 4 members (excludes halogenated alkanes) is 4. The van der Waals surface area contributed by atoms with Gasteiger partial charge in [-0.25, -0.2) is 0 Å². The quantitative estimate of drug-likeness (QED) is 0.664. The van der Waals surface area contributed by atoms with Crippen molar-refractivity contribution in [3.05, 3.63) is 29.8 Å². The molecule has 4 heteroatoms. The van der Waals surface area contributed by atoms with Gasteiger partial charge < -0.3 is 14.8 Å². The van der Waals surface area contributed by atoms with Gasteiger partial charge in [-0.2, -0.15) is 0 Å². The minimum atomic E-state index is -0.00818. The van der Waals surface area contributed by atoms with Crippen molar-refractivity contribution in [1.29, 1.82) is 0 Å². The molecule has 1 fully saturated rings. The Kier molecular flexibility index (Phi) is 7.95. The summed E-state index contributed by atoms with van der Waals surface area (Å²) in [5.74, 6) is 0.780. The molecule has 0 aromatic heterocycles. The van der Waals surface area contributed by atoms with E-state index in [2.05, 4.69) is 12.2 Å². The van der Waals surface area contributed by atoms with Crippen LogP contribution in [0.2, 0.25) is 0 Å². The number of amides is 1. The van der Waals surface area contributed by atoms with Gasteiger partial charge in [-0.1, -0.05) is 32.6 Å². The van der Waals surface area contributed by atoms with Crippen LogP contribution in [0.4, 0.5) is 0 Å². The van der Waals surface area contributed by atoms with Crippen LogP contribution in [0.15, 0.2) is 24.3 Å². The number of carbonyl (C=O) groups excluding carboxylic acids is 1. The second-order valence-corrected chi connectivity index (χ2v) is 6.14. The first-order chi connectivity index (χ1) is 11.3. The summed E-state index contributed by atoms with van der Waals surface area (Å²) >= 11 is 0. The maximum atomic E-state index is 12.0. The number of benzene rings is 1. The van der Waals surface area contributed by atoms with Gasteiger partial charge in [0.25, 0.3) is 5.91 Å². The molecule has 23 heavy (non-hydrogen) atoms. The fourth-order valence-corrected chi connectivity index (χ4v) is 2.70. The molecular formula is C19H29NO3. The summed E-state index contributed by atoms with van der Waals surface area (Å²) in [6, 6.07) is 7.34. The van der Waals surface area contributed by atoms with Crippen molar-refractivity contribution >= 4 is 5.91 Å². The maximum absolute atomic E-state index is 12.0. The van der Waals surface area contributed by atoms with Crippen molar-refractivity contribution in [2.24, 2.45) is 0 Å². The van der Waals surface area contributed by atoms with Crippen LogP contribution in [-0.2, 0) is 4.74 Å². The van der Waals surface area contributed by atoms with Crippen molar-refractivity contribution in [3.8, 4) is 5.75 Å². The van der Waals surface area contributed by atoms with E-state index in [-0.39, 0.29) is 12.0 Å². The summed E-state index contributed by atoms with van der Waals surface area (Å²) in [6.07, 6.45) is 8.41. The van der Waals surface area contributed by atoms with Gasteiger partial charge in [0, 0.05) is 18.7 Å². The Balaban J connectivity index is 1.65. The predicted molar refractivity (Wildman–Crippen MR) is 92.0 cm³/mol. The van der Waals surface area contributed by atoms with E-state index in [1.165, 1.54) is 25.7 Å². The number of rotatable bonds is 10. The van der Waals surface area contributed by atoms with Crippen molar-refractivity contribution < 1.29 is 14.3 Å². The highest BCUT2D eigenvalue weighted by Crippen LogP contribution is 2.16. The lowest BCUT2D eigenvalue weighted by atomic mass is 10.1. The summed E-state index contributed by atoms with van der Waals surface area (Å²) in [5.41, 5.74) is 0.683. The molecule has 1 aromatic rings. The lowest BCUT2D eigenvalue weighted by Gasteiger charge is -2.11. The van der Waals surface area contributed by atoms with Crippen LogP contribution in [0.25, 0.3) is 0 Å². The van der Waals surface area contributed by atoms with E-state index >= 15 is 0 Å². The van der Waals surface area contributed by atoms with E-state index < -0.39 is 0 Å². The highest BCUT2D eigenvalue weighted by Gasteiger charge is 2.16. The van der Waals surface area contributed by atoms with Crippen molar-refractivity contribution in [3.63, 3.8) is 0 Å². The molecule has 1 aliphatic heterocycles. The van der Waals surface area contributed by atoms with Gasteiger partial charge in [0.05, 0.1) is 6.10 Å². The molecule has 1 amide bonds. The second kappa shape index (κ2) is 10.3. The lowest BCUT2D eigenvalue weighted by Crippen LogP contribution is -2.24. The zero-order valence-electron chi connectivity index (χ0n) is 14.2. The molecule has 0 saturated carbocycles. The molecule has 1 heterocycles. The average Bonchev–Trinajstić information content (AvgIpc) is 3.10. The topological polar surface area (TPSA) is 47.6 Å². The van der Waals surface area contributed by atoms with Crippen LogP contribution in [0.5, 0.6) is 5.75 Å². The zero-order chi connectivity index (χ0) is 16.3. The molecule has 1 aliphatic rings. The van der Waals surface area contributed by atoms with Crippen molar-refractivity contribution in [2.45, 2.75) is 58.0 Å². The molecule has 4 nitrogen and oxygen atoms in total. The van der Waals surface area contributed by atoms with E-state index in [1.807, 2.05) is 24.3 Å². The molecule has 1 atom stereocenters. The Bertz CT molecular complexity index is 452. The fraction of sp³-hybridized carbons (Fsp3) is 0.632. The molecule has 1 aromatic carbocycles. The van der Waals surface area contributed by atoms with E-state index in [0.29, 0.717) is 12.2 Å². The summed E-state index contributed by atoms with van der Waals surface area (Å²) in [5, 5.41) is 2.97. The third-order valence-corrected chi connectivity index (χ3v) is 4.14. The summed E-state index contributed by atoms with van der Waals surface area (Å²) in [6.45, 7) is 4.38. The van der Waals surface area contributed by atoms with Crippen molar-refractivity contribution in [2.75, 3.05) is 19.8 Å². The molecule has 0 spiro atoms. The van der Waals surface area contributed by atoms with Crippen molar-refractivity contribution in [1.82, 2.24) is 5.32 Å². The minimum Gasteiger partial charge on any atom is -0.491 e. The molecule has 0 radical (unpaired) electrons. The van der Waals surface area contributed by atoms with Gasteiger partial charge in [0.1, 0.15) is 12.4 Å². The molecule has 0 aliphatic carbocycles. The zero-order valence-corrected chi connectivity index (χ0v) is 14.2.